The van der Waals surface area contributed by atoms with Gasteiger partial charge in [0.15, 0.2) is 11.6 Å². The first-order chi connectivity index (χ1) is 12.3. The van der Waals surface area contributed by atoms with Crippen LogP contribution in [-0.2, 0) is 0 Å². The Hall–Kier alpha value is -3.02. The highest BCUT2D eigenvalue weighted by Crippen LogP contribution is 2.22. The van der Waals surface area contributed by atoms with Crippen molar-refractivity contribution in [3.05, 3.63) is 54.0 Å². The predicted molar refractivity (Wildman–Crippen MR) is 96.0 cm³/mol. The van der Waals surface area contributed by atoms with E-state index in [-0.39, 0.29) is 5.76 Å². The summed E-state index contributed by atoms with van der Waals surface area (Å²) in [6.45, 7) is 2.04. The van der Waals surface area contributed by atoms with E-state index in [0.717, 1.165) is 24.4 Å². The summed E-state index contributed by atoms with van der Waals surface area (Å²) in [4.78, 5) is 14.3. The van der Waals surface area contributed by atoms with Crippen molar-refractivity contribution in [2.24, 2.45) is 5.10 Å². The maximum absolute atomic E-state index is 12.1. The van der Waals surface area contributed by atoms with Gasteiger partial charge in [0.25, 0.3) is 0 Å². The summed E-state index contributed by atoms with van der Waals surface area (Å²) < 4.78 is 11.3. The second-order valence-corrected chi connectivity index (χ2v) is 6.07. The van der Waals surface area contributed by atoms with Crippen LogP contribution in [-0.4, -0.2) is 25.2 Å². The Bertz CT molecular complexity index is 870. The van der Waals surface area contributed by atoms with Gasteiger partial charge in [0.05, 0.1) is 6.21 Å². The predicted octanol–water partition coefficient (Wildman–Crippen LogP) is 3.78. The fourth-order valence-electron chi connectivity index (χ4n) is 3.00. The summed E-state index contributed by atoms with van der Waals surface area (Å²) in [6, 6.07) is 13.0. The van der Waals surface area contributed by atoms with Gasteiger partial charge in [0.1, 0.15) is 11.3 Å². The summed E-state index contributed by atoms with van der Waals surface area (Å²) in [7, 11) is 0. The zero-order chi connectivity index (χ0) is 17.1. The molecule has 1 aromatic carbocycles. The number of fused-ring (bicyclic) bond motifs is 1. The van der Waals surface area contributed by atoms with Gasteiger partial charge in [-0.2, -0.15) is 5.10 Å². The van der Waals surface area contributed by atoms with Gasteiger partial charge in [-0.3, -0.25) is 4.79 Å². The highest BCUT2D eigenvalue weighted by atomic mass is 16.4. The third kappa shape index (κ3) is 3.42. The van der Waals surface area contributed by atoms with Crippen molar-refractivity contribution in [3.63, 3.8) is 0 Å². The Kier molecular flexibility index (Phi) is 4.24. The van der Waals surface area contributed by atoms with E-state index < -0.39 is 5.91 Å². The summed E-state index contributed by atoms with van der Waals surface area (Å²) in [5.74, 6) is 1.29. The lowest BCUT2D eigenvalue weighted by Gasteiger charge is -2.25. The molecule has 3 heterocycles. The van der Waals surface area contributed by atoms with Gasteiger partial charge >= 0.3 is 5.91 Å². The lowest BCUT2D eigenvalue weighted by atomic mass is 10.1. The van der Waals surface area contributed by atoms with Crippen molar-refractivity contribution in [2.45, 2.75) is 19.3 Å². The van der Waals surface area contributed by atoms with Gasteiger partial charge in [0.2, 0.25) is 0 Å². The lowest BCUT2D eigenvalue weighted by molar-refractivity contribution is 0.0929. The number of piperidine rings is 1. The molecule has 1 aliphatic heterocycles. The third-order valence-corrected chi connectivity index (χ3v) is 4.29. The molecule has 1 amide bonds. The number of nitrogens with zero attached hydrogens (tertiary/aromatic N) is 2. The van der Waals surface area contributed by atoms with Gasteiger partial charge < -0.3 is 13.7 Å². The Morgan fingerprint density at radius 2 is 1.92 bits per heavy atom. The molecule has 2 aromatic heterocycles. The van der Waals surface area contributed by atoms with E-state index in [4.69, 9.17) is 8.83 Å². The molecule has 0 spiro atoms. The number of anilines is 1. The molecular weight excluding hydrogens is 318 g/mol. The molecular formula is C19H19N3O3. The zero-order valence-electron chi connectivity index (χ0n) is 13.8. The maximum Gasteiger partial charge on any atom is 0.307 e. The van der Waals surface area contributed by atoms with Crippen LogP contribution < -0.4 is 10.3 Å². The Morgan fingerprint density at radius 1 is 1.08 bits per heavy atom. The van der Waals surface area contributed by atoms with Gasteiger partial charge in [-0.1, -0.05) is 18.2 Å². The minimum Gasteiger partial charge on any atom is -0.451 e. The summed E-state index contributed by atoms with van der Waals surface area (Å²) in [5, 5.41) is 4.83. The first-order valence-electron chi connectivity index (χ1n) is 8.46. The van der Waals surface area contributed by atoms with Crippen LogP contribution in [0.2, 0.25) is 0 Å². The van der Waals surface area contributed by atoms with E-state index in [9.17, 15) is 4.79 Å². The normalized spacial score (nSPS) is 15.1. The SMILES string of the molecule is O=C(N/N=C/c1ccc(N2CCCCC2)o1)c1cc2ccccc2o1. The molecule has 1 N–H and O–H groups in total. The van der Waals surface area contributed by atoms with Crippen molar-refractivity contribution in [1.29, 1.82) is 0 Å². The van der Waals surface area contributed by atoms with E-state index in [1.54, 1.807) is 6.07 Å². The molecule has 0 bridgehead atoms. The topological polar surface area (TPSA) is 71.0 Å². The summed E-state index contributed by atoms with van der Waals surface area (Å²) in [5.41, 5.74) is 3.14. The molecule has 0 unspecified atom stereocenters. The Labute approximate surface area is 145 Å². The third-order valence-electron chi connectivity index (χ3n) is 4.29. The van der Waals surface area contributed by atoms with Crippen molar-refractivity contribution in [3.8, 4) is 0 Å². The molecule has 1 aliphatic rings. The van der Waals surface area contributed by atoms with Gasteiger partial charge in [-0.15, -0.1) is 0 Å². The van der Waals surface area contributed by atoms with E-state index in [2.05, 4.69) is 15.4 Å². The van der Waals surface area contributed by atoms with Crippen molar-refractivity contribution < 1.29 is 13.6 Å². The lowest BCUT2D eigenvalue weighted by Crippen LogP contribution is -2.28. The summed E-state index contributed by atoms with van der Waals surface area (Å²) in [6.07, 6.45) is 5.16. The fraction of sp³-hybridized carbons (Fsp3) is 0.263. The van der Waals surface area contributed by atoms with E-state index >= 15 is 0 Å². The monoisotopic (exact) mass is 337 g/mol. The molecule has 6 heteroatoms. The minimum atomic E-state index is -0.393. The van der Waals surface area contributed by atoms with E-state index in [0.29, 0.717) is 11.3 Å². The number of nitrogens with one attached hydrogen (secondary N) is 1. The van der Waals surface area contributed by atoms with Crippen LogP contribution in [0.25, 0.3) is 11.0 Å². The smallest absolute Gasteiger partial charge is 0.307 e. The molecule has 3 aromatic rings. The van der Waals surface area contributed by atoms with E-state index in [1.165, 1.54) is 25.5 Å². The number of hydrazone groups is 1. The average molecular weight is 337 g/mol. The highest BCUT2D eigenvalue weighted by Gasteiger charge is 2.14. The van der Waals surface area contributed by atoms with Crippen LogP contribution in [0.4, 0.5) is 5.88 Å². The Morgan fingerprint density at radius 3 is 2.76 bits per heavy atom. The first-order valence-corrected chi connectivity index (χ1v) is 8.46. The highest BCUT2D eigenvalue weighted by molar-refractivity contribution is 5.96. The number of carbonyl (C=O) groups is 1. The fourth-order valence-corrected chi connectivity index (χ4v) is 3.00. The molecule has 25 heavy (non-hydrogen) atoms. The number of benzene rings is 1. The van der Waals surface area contributed by atoms with Gasteiger partial charge in [0, 0.05) is 24.5 Å². The molecule has 0 aliphatic carbocycles. The molecule has 0 radical (unpaired) electrons. The first kappa shape index (κ1) is 15.5. The van der Waals surface area contributed by atoms with Crippen LogP contribution in [0.1, 0.15) is 35.6 Å². The van der Waals surface area contributed by atoms with Crippen LogP contribution in [0.3, 0.4) is 0 Å². The number of amides is 1. The van der Waals surface area contributed by atoms with Crippen molar-refractivity contribution in [2.75, 3.05) is 18.0 Å². The quantitative estimate of drug-likeness (QED) is 0.581. The van der Waals surface area contributed by atoms with Crippen molar-refractivity contribution in [1.82, 2.24) is 5.43 Å². The number of hydrogen-bond acceptors (Lipinski definition) is 5. The maximum atomic E-state index is 12.1. The Balaban J connectivity index is 1.38. The largest absolute Gasteiger partial charge is 0.451 e. The molecule has 1 saturated heterocycles. The summed E-state index contributed by atoms with van der Waals surface area (Å²) >= 11 is 0. The molecule has 1 fully saturated rings. The van der Waals surface area contributed by atoms with Crippen LogP contribution in [0, 0.1) is 0 Å². The molecule has 0 saturated carbocycles. The van der Waals surface area contributed by atoms with E-state index in [1.807, 2.05) is 36.4 Å². The van der Waals surface area contributed by atoms with Crippen LogP contribution in [0.5, 0.6) is 0 Å². The number of carbonyl (C=O) groups excluding carboxylic acids is 1. The molecule has 6 nitrogen and oxygen atoms in total. The zero-order valence-corrected chi connectivity index (χ0v) is 13.8. The minimum absolute atomic E-state index is 0.229. The van der Waals surface area contributed by atoms with Crippen LogP contribution >= 0.6 is 0 Å². The second-order valence-electron chi connectivity index (χ2n) is 6.07. The average Bonchev–Trinajstić information content (AvgIpc) is 3.29. The molecule has 4 rings (SSSR count). The molecule has 0 atom stereocenters. The number of furan rings is 2. The van der Waals surface area contributed by atoms with Crippen molar-refractivity contribution >= 4 is 29.0 Å². The number of rotatable bonds is 4. The number of para-hydroxylation sites is 1. The van der Waals surface area contributed by atoms with Crippen LogP contribution in [0.15, 0.2) is 56.4 Å². The standard InChI is InChI=1S/C19H19N3O3/c23-19(17-12-14-6-2-3-7-16(14)25-17)21-20-13-15-8-9-18(24-15)22-10-4-1-5-11-22/h2-3,6-9,12-13H,1,4-5,10-11H2,(H,21,23)/b20-13+. The van der Waals surface area contributed by atoms with Gasteiger partial charge in [-0.25, -0.2) is 5.43 Å². The van der Waals surface area contributed by atoms with Gasteiger partial charge in [-0.05, 0) is 37.5 Å². The molecule has 128 valence electrons. The number of hydrogen-bond donors (Lipinski definition) is 1. The second kappa shape index (κ2) is 6.84.